The van der Waals surface area contributed by atoms with E-state index < -0.39 is 0 Å². The molecule has 0 bridgehead atoms. The van der Waals surface area contributed by atoms with Crippen LogP contribution < -0.4 is 10.5 Å². The minimum absolute atomic E-state index is 0.746. The molecule has 0 heterocycles. The summed E-state index contributed by atoms with van der Waals surface area (Å²) in [6, 6.07) is 15.6. The second kappa shape index (κ2) is 5.39. The van der Waals surface area contributed by atoms with Crippen LogP contribution in [0.25, 0.3) is 0 Å². The van der Waals surface area contributed by atoms with Crippen LogP contribution in [-0.4, -0.2) is 0 Å². The number of benzene rings is 2. The van der Waals surface area contributed by atoms with E-state index in [4.69, 9.17) is 10.5 Å². The van der Waals surface area contributed by atoms with Gasteiger partial charge in [-0.15, -0.1) is 0 Å². The number of nitrogens with two attached hydrogens (primary N) is 1. The standard InChI is InChI=1S/C15H17NO/c1-2-3-12-4-8-14(9-5-12)17-15-10-6-13(16)7-11-15/h4-11H,2-3,16H2,1H3. The van der Waals surface area contributed by atoms with Gasteiger partial charge < -0.3 is 10.5 Å². The van der Waals surface area contributed by atoms with Gasteiger partial charge in [0, 0.05) is 5.69 Å². The molecule has 0 atom stereocenters. The van der Waals surface area contributed by atoms with Gasteiger partial charge in [0.1, 0.15) is 11.5 Å². The maximum atomic E-state index is 5.71. The maximum Gasteiger partial charge on any atom is 0.127 e. The van der Waals surface area contributed by atoms with Crippen molar-refractivity contribution in [3.05, 3.63) is 54.1 Å². The number of hydrogen-bond acceptors (Lipinski definition) is 2. The van der Waals surface area contributed by atoms with Crippen molar-refractivity contribution in [2.75, 3.05) is 5.73 Å². The predicted molar refractivity (Wildman–Crippen MR) is 71.4 cm³/mol. The minimum Gasteiger partial charge on any atom is -0.457 e. The Morgan fingerprint density at radius 3 is 1.94 bits per heavy atom. The molecule has 2 aromatic rings. The zero-order chi connectivity index (χ0) is 12.1. The Labute approximate surface area is 102 Å². The average molecular weight is 227 g/mol. The first-order valence-corrected chi connectivity index (χ1v) is 5.90. The van der Waals surface area contributed by atoms with Gasteiger partial charge in [-0.05, 0) is 48.4 Å². The highest BCUT2D eigenvalue weighted by Gasteiger charge is 1.97. The Morgan fingerprint density at radius 1 is 0.882 bits per heavy atom. The lowest BCUT2D eigenvalue weighted by atomic mass is 10.1. The summed E-state index contributed by atoms with van der Waals surface area (Å²) >= 11 is 0. The maximum absolute atomic E-state index is 5.71. The number of rotatable bonds is 4. The van der Waals surface area contributed by atoms with E-state index in [0.29, 0.717) is 0 Å². The van der Waals surface area contributed by atoms with Crippen LogP contribution in [0.3, 0.4) is 0 Å². The molecule has 0 aliphatic heterocycles. The van der Waals surface area contributed by atoms with Crippen LogP contribution in [0.2, 0.25) is 0 Å². The lowest BCUT2D eigenvalue weighted by Gasteiger charge is -2.06. The van der Waals surface area contributed by atoms with Crippen LogP contribution >= 0.6 is 0 Å². The number of hydrogen-bond donors (Lipinski definition) is 1. The van der Waals surface area contributed by atoms with Crippen molar-refractivity contribution in [3.8, 4) is 11.5 Å². The van der Waals surface area contributed by atoms with E-state index in [9.17, 15) is 0 Å². The summed E-state index contributed by atoms with van der Waals surface area (Å²) < 4.78 is 5.71. The van der Waals surface area contributed by atoms with Crippen molar-refractivity contribution in [1.82, 2.24) is 0 Å². The summed E-state index contributed by atoms with van der Waals surface area (Å²) in [6.45, 7) is 2.18. The van der Waals surface area contributed by atoms with Crippen LogP contribution in [0.4, 0.5) is 5.69 Å². The molecule has 0 aliphatic carbocycles. The van der Waals surface area contributed by atoms with Crippen LogP contribution in [0, 0.1) is 0 Å². The molecule has 0 spiro atoms. The average Bonchev–Trinajstić information content (AvgIpc) is 2.35. The van der Waals surface area contributed by atoms with E-state index in [2.05, 4.69) is 19.1 Å². The summed E-state index contributed by atoms with van der Waals surface area (Å²) in [5.41, 5.74) is 7.71. The van der Waals surface area contributed by atoms with Gasteiger partial charge in [-0.1, -0.05) is 25.5 Å². The smallest absolute Gasteiger partial charge is 0.127 e. The Kier molecular flexibility index (Phi) is 3.66. The molecule has 2 aromatic carbocycles. The monoisotopic (exact) mass is 227 g/mol. The molecule has 0 radical (unpaired) electrons. The number of anilines is 1. The third-order valence-electron chi connectivity index (χ3n) is 2.58. The zero-order valence-electron chi connectivity index (χ0n) is 10.0. The summed E-state index contributed by atoms with van der Waals surface area (Å²) in [6.07, 6.45) is 2.28. The van der Waals surface area contributed by atoms with Crippen LogP contribution in [0.1, 0.15) is 18.9 Å². The molecule has 0 amide bonds. The Bertz CT molecular complexity index is 459. The molecule has 88 valence electrons. The molecular formula is C15H17NO. The van der Waals surface area contributed by atoms with E-state index in [0.717, 1.165) is 30.0 Å². The van der Waals surface area contributed by atoms with Gasteiger partial charge in [0.25, 0.3) is 0 Å². The molecule has 0 aliphatic rings. The highest BCUT2D eigenvalue weighted by molar-refractivity contribution is 5.43. The largest absolute Gasteiger partial charge is 0.457 e. The molecule has 0 saturated carbocycles. The van der Waals surface area contributed by atoms with Crippen molar-refractivity contribution in [2.45, 2.75) is 19.8 Å². The molecule has 0 fully saturated rings. The van der Waals surface area contributed by atoms with Gasteiger partial charge >= 0.3 is 0 Å². The third-order valence-corrected chi connectivity index (χ3v) is 2.58. The first-order valence-electron chi connectivity index (χ1n) is 5.90. The fourth-order valence-corrected chi connectivity index (χ4v) is 1.68. The summed E-state index contributed by atoms with van der Waals surface area (Å²) in [7, 11) is 0. The topological polar surface area (TPSA) is 35.2 Å². The summed E-state index contributed by atoms with van der Waals surface area (Å²) in [4.78, 5) is 0. The quantitative estimate of drug-likeness (QED) is 0.801. The molecule has 2 heteroatoms. The van der Waals surface area contributed by atoms with Gasteiger partial charge in [-0.25, -0.2) is 0 Å². The highest BCUT2D eigenvalue weighted by Crippen LogP contribution is 2.22. The van der Waals surface area contributed by atoms with Crippen molar-refractivity contribution >= 4 is 5.69 Å². The molecule has 2 N–H and O–H groups in total. The Balaban J connectivity index is 2.05. The third kappa shape index (κ3) is 3.25. The van der Waals surface area contributed by atoms with Crippen LogP contribution in [0.5, 0.6) is 11.5 Å². The highest BCUT2D eigenvalue weighted by atomic mass is 16.5. The Morgan fingerprint density at radius 2 is 1.41 bits per heavy atom. The van der Waals surface area contributed by atoms with Crippen molar-refractivity contribution in [3.63, 3.8) is 0 Å². The fraction of sp³-hybridized carbons (Fsp3) is 0.200. The zero-order valence-corrected chi connectivity index (χ0v) is 10.0. The van der Waals surface area contributed by atoms with E-state index in [1.807, 2.05) is 36.4 Å². The molecule has 0 saturated heterocycles. The second-order valence-corrected chi connectivity index (χ2v) is 4.07. The first-order chi connectivity index (χ1) is 8.28. The van der Waals surface area contributed by atoms with Crippen molar-refractivity contribution in [1.29, 1.82) is 0 Å². The van der Waals surface area contributed by atoms with Crippen molar-refractivity contribution in [2.24, 2.45) is 0 Å². The van der Waals surface area contributed by atoms with Crippen molar-refractivity contribution < 1.29 is 4.74 Å². The normalized spacial score (nSPS) is 10.2. The number of aryl methyl sites for hydroxylation is 1. The van der Waals surface area contributed by atoms with Gasteiger partial charge in [0.05, 0.1) is 0 Å². The second-order valence-electron chi connectivity index (χ2n) is 4.07. The van der Waals surface area contributed by atoms with Gasteiger partial charge in [-0.2, -0.15) is 0 Å². The Hall–Kier alpha value is -1.96. The number of ether oxygens (including phenoxy) is 1. The SMILES string of the molecule is CCCc1ccc(Oc2ccc(N)cc2)cc1. The predicted octanol–water partition coefficient (Wildman–Crippen LogP) is 4.01. The van der Waals surface area contributed by atoms with Gasteiger partial charge in [0.2, 0.25) is 0 Å². The molecule has 17 heavy (non-hydrogen) atoms. The van der Waals surface area contributed by atoms with Gasteiger partial charge in [-0.3, -0.25) is 0 Å². The molecule has 2 rings (SSSR count). The van der Waals surface area contributed by atoms with Gasteiger partial charge in [0.15, 0.2) is 0 Å². The fourth-order valence-electron chi connectivity index (χ4n) is 1.68. The minimum atomic E-state index is 0.746. The summed E-state index contributed by atoms with van der Waals surface area (Å²) in [5.74, 6) is 1.66. The van der Waals surface area contributed by atoms with Crippen LogP contribution in [-0.2, 0) is 6.42 Å². The lowest BCUT2D eigenvalue weighted by Crippen LogP contribution is -1.87. The van der Waals surface area contributed by atoms with E-state index in [1.54, 1.807) is 0 Å². The molecule has 2 nitrogen and oxygen atoms in total. The van der Waals surface area contributed by atoms with E-state index in [1.165, 1.54) is 5.56 Å². The van der Waals surface area contributed by atoms with E-state index in [-0.39, 0.29) is 0 Å². The molecular weight excluding hydrogens is 210 g/mol. The number of nitrogen functional groups attached to an aromatic ring is 1. The summed E-state index contributed by atoms with van der Waals surface area (Å²) in [5, 5.41) is 0. The van der Waals surface area contributed by atoms with E-state index >= 15 is 0 Å². The molecule has 0 unspecified atom stereocenters. The first kappa shape index (κ1) is 11.5. The van der Waals surface area contributed by atoms with Crippen LogP contribution in [0.15, 0.2) is 48.5 Å². The molecule has 0 aromatic heterocycles. The lowest BCUT2D eigenvalue weighted by molar-refractivity contribution is 0.482.